The molecular weight excluding hydrogens is 285 g/mol. The predicted octanol–water partition coefficient (Wildman–Crippen LogP) is 0.596. The number of hydrogen-bond acceptors (Lipinski definition) is 5. The number of halogens is 3. The van der Waals surface area contributed by atoms with Gasteiger partial charge in [-0.15, -0.1) is 0 Å². The highest BCUT2D eigenvalue weighted by molar-refractivity contribution is 5.97. The fraction of sp³-hybridized carbons (Fsp3) is 0.700. The van der Waals surface area contributed by atoms with Crippen LogP contribution in [-0.2, 0) is 14.3 Å². The average Bonchev–Trinajstić information content (AvgIpc) is 2.60. The summed E-state index contributed by atoms with van der Waals surface area (Å²) >= 11 is 0. The Kier molecular flexibility index (Phi) is 3.73. The monoisotopic (exact) mass is 296 g/mol. The molecule has 2 aliphatic rings. The number of imide groups is 1. The third-order valence-corrected chi connectivity index (χ3v) is 2.86. The molecule has 0 aromatic carbocycles. The van der Waals surface area contributed by atoms with E-state index >= 15 is 0 Å². The smallest absolute Gasteiger partial charge is 0.422 e. The minimum Gasteiger partial charge on any atom is -0.440 e. The highest BCUT2D eigenvalue weighted by Gasteiger charge is 2.39. The summed E-state index contributed by atoms with van der Waals surface area (Å²) in [5, 5.41) is 0. The molecule has 0 bridgehead atoms. The Labute approximate surface area is 111 Å². The van der Waals surface area contributed by atoms with Crippen LogP contribution in [0.2, 0.25) is 0 Å². The van der Waals surface area contributed by atoms with Gasteiger partial charge in [0.15, 0.2) is 13.2 Å². The summed E-state index contributed by atoms with van der Waals surface area (Å²) in [7, 11) is 0. The van der Waals surface area contributed by atoms with Gasteiger partial charge in [-0.05, 0) is 0 Å². The first kappa shape index (κ1) is 14.4. The van der Waals surface area contributed by atoms with Gasteiger partial charge in [0.2, 0.25) is 0 Å². The molecule has 3 amide bonds. The van der Waals surface area contributed by atoms with Crippen LogP contribution in [0.5, 0.6) is 0 Å². The summed E-state index contributed by atoms with van der Waals surface area (Å²) in [6.45, 7) is -1.59. The van der Waals surface area contributed by atoms with E-state index in [1.54, 1.807) is 0 Å². The van der Waals surface area contributed by atoms with Gasteiger partial charge in [-0.25, -0.2) is 14.5 Å². The van der Waals surface area contributed by atoms with Crippen LogP contribution in [0, 0.1) is 5.92 Å². The molecule has 0 aliphatic carbocycles. The van der Waals surface area contributed by atoms with Gasteiger partial charge in [0.25, 0.3) is 5.91 Å². The minimum atomic E-state index is -4.56. The normalized spacial score (nSPS) is 19.9. The second-order valence-electron chi connectivity index (χ2n) is 4.50. The lowest BCUT2D eigenvalue weighted by molar-refractivity contribution is -0.163. The second kappa shape index (κ2) is 5.17. The lowest BCUT2D eigenvalue weighted by Gasteiger charge is -2.39. The topological polar surface area (TPSA) is 76.2 Å². The van der Waals surface area contributed by atoms with Crippen molar-refractivity contribution in [1.29, 1.82) is 0 Å². The molecule has 7 nitrogen and oxygen atoms in total. The largest absolute Gasteiger partial charge is 0.440 e. The molecule has 0 aromatic heterocycles. The molecule has 0 unspecified atom stereocenters. The Morgan fingerprint density at radius 1 is 1.35 bits per heavy atom. The minimum absolute atomic E-state index is 0.0840. The van der Waals surface area contributed by atoms with Crippen molar-refractivity contribution < 1.29 is 37.0 Å². The van der Waals surface area contributed by atoms with E-state index in [0.717, 1.165) is 9.80 Å². The third-order valence-electron chi connectivity index (χ3n) is 2.86. The number of carbonyl (C=O) groups excluding carboxylic acids is 3. The van der Waals surface area contributed by atoms with Crippen molar-refractivity contribution in [3.8, 4) is 0 Å². The quantitative estimate of drug-likeness (QED) is 0.762. The fourth-order valence-electron chi connectivity index (χ4n) is 1.88. The van der Waals surface area contributed by atoms with Gasteiger partial charge in [0.05, 0.1) is 0 Å². The molecule has 2 rings (SSSR count). The Morgan fingerprint density at radius 2 is 2.00 bits per heavy atom. The average molecular weight is 296 g/mol. The summed E-state index contributed by atoms with van der Waals surface area (Å²) in [6, 6.07) is 0. The van der Waals surface area contributed by atoms with Crippen molar-refractivity contribution in [2.45, 2.75) is 6.18 Å². The molecule has 0 aromatic rings. The Hall–Kier alpha value is -2.00. The summed E-state index contributed by atoms with van der Waals surface area (Å²) in [6.07, 6.45) is -6.37. The van der Waals surface area contributed by atoms with Gasteiger partial charge in [0.1, 0.15) is 0 Å². The number of likely N-dealkylation sites (tertiary alicyclic amines) is 1. The molecule has 2 heterocycles. The molecule has 2 fully saturated rings. The summed E-state index contributed by atoms with van der Waals surface area (Å²) in [5.74, 6) is -0.642. The highest BCUT2D eigenvalue weighted by atomic mass is 19.4. The van der Waals surface area contributed by atoms with Crippen molar-refractivity contribution in [1.82, 2.24) is 9.80 Å². The fourth-order valence-corrected chi connectivity index (χ4v) is 1.88. The van der Waals surface area contributed by atoms with Crippen LogP contribution in [0.25, 0.3) is 0 Å². The Morgan fingerprint density at radius 3 is 2.50 bits per heavy atom. The zero-order chi connectivity index (χ0) is 14.9. The van der Waals surface area contributed by atoms with E-state index in [1.165, 1.54) is 0 Å². The summed E-state index contributed by atoms with van der Waals surface area (Å²) in [5.41, 5.74) is 0. The van der Waals surface area contributed by atoms with E-state index in [-0.39, 0.29) is 32.2 Å². The maximum absolute atomic E-state index is 11.8. The molecule has 20 heavy (non-hydrogen) atoms. The predicted molar refractivity (Wildman–Crippen MR) is 55.5 cm³/mol. The lowest BCUT2D eigenvalue weighted by atomic mass is 10.0. The molecular formula is C10H11F3N2O5. The number of rotatable bonds is 3. The highest BCUT2D eigenvalue weighted by Crippen LogP contribution is 2.21. The number of carbonyl (C=O) groups is 3. The van der Waals surface area contributed by atoms with Crippen molar-refractivity contribution in [2.24, 2.45) is 5.92 Å². The second-order valence-corrected chi connectivity index (χ2v) is 4.50. The zero-order valence-electron chi connectivity index (χ0n) is 10.2. The van der Waals surface area contributed by atoms with Crippen LogP contribution in [-0.4, -0.2) is 66.9 Å². The lowest BCUT2D eigenvalue weighted by Crippen LogP contribution is -2.54. The van der Waals surface area contributed by atoms with E-state index in [2.05, 4.69) is 9.47 Å². The first-order valence-electron chi connectivity index (χ1n) is 5.72. The van der Waals surface area contributed by atoms with Crippen molar-refractivity contribution in [3.63, 3.8) is 0 Å². The SMILES string of the molecule is O=C(OCC(F)(F)F)N1CC(CN2C(=O)COC2=O)C1. The van der Waals surface area contributed by atoms with Crippen molar-refractivity contribution in [2.75, 3.05) is 32.8 Å². The number of cyclic esters (lactones) is 1. The molecule has 0 atom stereocenters. The number of hydrogen-bond donors (Lipinski definition) is 0. The van der Waals surface area contributed by atoms with Gasteiger partial charge < -0.3 is 14.4 Å². The van der Waals surface area contributed by atoms with Gasteiger partial charge in [-0.1, -0.05) is 0 Å². The number of ether oxygens (including phenoxy) is 2. The van der Waals surface area contributed by atoms with E-state index in [4.69, 9.17) is 0 Å². The van der Waals surface area contributed by atoms with Crippen LogP contribution in [0.4, 0.5) is 22.8 Å². The van der Waals surface area contributed by atoms with Gasteiger partial charge in [-0.3, -0.25) is 4.79 Å². The third kappa shape index (κ3) is 3.31. The van der Waals surface area contributed by atoms with Crippen LogP contribution in [0.3, 0.4) is 0 Å². The van der Waals surface area contributed by atoms with Gasteiger partial charge in [-0.2, -0.15) is 13.2 Å². The first-order valence-corrected chi connectivity index (χ1v) is 5.72. The van der Waals surface area contributed by atoms with Crippen LogP contribution < -0.4 is 0 Å². The molecule has 0 saturated carbocycles. The molecule has 2 saturated heterocycles. The maximum atomic E-state index is 11.8. The summed E-state index contributed by atoms with van der Waals surface area (Å²) < 4.78 is 44.1. The van der Waals surface area contributed by atoms with Crippen molar-refractivity contribution in [3.05, 3.63) is 0 Å². The maximum Gasteiger partial charge on any atom is 0.422 e. The van der Waals surface area contributed by atoms with E-state index in [9.17, 15) is 27.6 Å². The van der Waals surface area contributed by atoms with E-state index < -0.39 is 30.9 Å². The van der Waals surface area contributed by atoms with Crippen LogP contribution >= 0.6 is 0 Å². The van der Waals surface area contributed by atoms with E-state index in [1.807, 2.05) is 0 Å². The summed E-state index contributed by atoms with van der Waals surface area (Å²) in [4.78, 5) is 35.6. The Balaban J connectivity index is 1.70. The number of nitrogens with zero attached hydrogens (tertiary/aromatic N) is 2. The standard InChI is InChI=1S/C10H11F3N2O5/c11-10(12,13)5-20-8(17)14-1-6(2-14)3-15-7(16)4-19-9(15)18/h6H,1-5H2. The van der Waals surface area contributed by atoms with Gasteiger partial charge in [0, 0.05) is 25.6 Å². The van der Waals surface area contributed by atoms with Crippen molar-refractivity contribution >= 4 is 18.1 Å². The molecule has 0 N–H and O–H groups in total. The number of alkyl halides is 3. The van der Waals surface area contributed by atoms with Gasteiger partial charge >= 0.3 is 18.4 Å². The van der Waals surface area contributed by atoms with E-state index in [0.29, 0.717) is 0 Å². The molecule has 0 spiro atoms. The molecule has 2 aliphatic heterocycles. The molecule has 0 radical (unpaired) electrons. The molecule has 112 valence electrons. The number of amides is 3. The van der Waals surface area contributed by atoms with Crippen LogP contribution in [0.15, 0.2) is 0 Å². The Bertz CT molecular complexity index is 417. The molecule has 10 heteroatoms. The first-order chi connectivity index (χ1) is 9.26. The van der Waals surface area contributed by atoms with Crippen LogP contribution in [0.1, 0.15) is 0 Å². The zero-order valence-corrected chi connectivity index (χ0v) is 10.2.